The smallest absolute Gasteiger partial charge is 0.346 e. The number of rotatable bonds is 4. The average Bonchev–Trinajstić information content (AvgIpc) is 2.92. The highest BCUT2D eigenvalue weighted by Crippen LogP contribution is 2.29. The first-order valence-corrected chi connectivity index (χ1v) is 8.05. The summed E-state index contributed by atoms with van der Waals surface area (Å²) in [6, 6.07) is 2.31. The maximum absolute atomic E-state index is 12.4. The summed E-state index contributed by atoms with van der Waals surface area (Å²) in [6.45, 7) is 7.94. The molecule has 0 saturated carbocycles. The van der Waals surface area contributed by atoms with Crippen molar-refractivity contribution < 1.29 is 14.7 Å². The number of likely N-dealkylation sites (tertiary alicyclic amines) is 1. The molecule has 6 heteroatoms. The van der Waals surface area contributed by atoms with Gasteiger partial charge in [0.1, 0.15) is 4.88 Å². The molecule has 21 heavy (non-hydrogen) atoms. The Morgan fingerprint density at radius 1 is 1.38 bits per heavy atom. The van der Waals surface area contributed by atoms with Gasteiger partial charge in [0.25, 0.3) is 0 Å². The summed E-state index contributed by atoms with van der Waals surface area (Å²) in [5, 5.41) is 12.5. The third-order valence-corrected chi connectivity index (χ3v) is 5.35. The fraction of sp³-hybridized carbons (Fsp3) is 0.600. The molecule has 3 unspecified atom stereocenters. The molecule has 0 bridgehead atoms. The Kier molecular flexibility index (Phi) is 4.68. The van der Waals surface area contributed by atoms with Gasteiger partial charge in [-0.3, -0.25) is 9.69 Å². The van der Waals surface area contributed by atoms with Gasteiger partial charge in [0.2, 0.25) is 5.91 Å². The van der Waals surface area contributed by atoms with Crippen molar-refractivity contribution in [1.82, 2.24) is 4.90 Å². The van der Waals surface area contributed by atoms with Crippen molar-refractivity contribution >= 4 is 28.2 Å². The highest BCUT2D eigenvalue weighted by Gasteiger charge is 2.34. The Morgan fingerprint density at radius 3 is 2.43 bits per heavy atom. The van der Waals surface area contributed by atoms with Gasteiger partial charge in [0, 0.05) is 12.1 Å². The van der Waals surface area contributed by atoms with E-state index in [0.717, 1.165) is 24.2 Å². The molecule has 1 amide bonds. The molecule has 1 aliphatic heterocycles. The maximum Gasteiger partial charge on any atom is 0.346 e. The van der Waals surface area contributed by atoms with Crippen LogP contribution in [0, 0.1) is 6.92 Å². The summed E-state index contributed by atoms with van der Waals surface area (Å²) in [5.74, 6) is -1.03. The van der Waals surface area contributed by atoms with E-state index in [-0.39, 0.29) is 16.8 Å². The van der Waals surface area contributed by atoms with Crippen LogP contribution in [-0.4, -0.2) is 40.0 Å². The minimum absolute atomic E-state index is 0.0752. The van der Waals surface area contributed by atoms with E-state index in [9.17, 15) is 9.59 Å². The van der Waals surface area contributed by atoms with Crippen LogP contribution in [0.1, 0.15) is 48.8 Å². The third-order valence-electron chi connectivity index (χ3n) is 4.21. The van der Waals surface area contributed by atoms with E-state index in [0.29, 0.717) is 22.6 Å². The van der Waals surface area contributed by atoms with Crippen LogP contribution < -0.4 is 5.32 Å². The molecule has 3 atom stereocenters. The molecule has 116 valence electrons. The van der Waals surface area contributed by atoms with Gasteiger partial charge in [-0.05, 0) is 52.2 Å². The third kappa shape index (κ3) is 3.27. The maximum atomic E-state index is 12.4. The van der Waals surface area contributed by atoms with Crippen LogP contribution >= 0.6 is 11.3 Å². The molecule has 0 radical (unpaired) electrons. The summed E-state index contributed by atoms with van der Waals surface area (Å²) in [6.07, 6.45) is 2.22. The number of hydrogen-bond donors (Lipinski definition) is 2. The molecule has 1 fully saturated rings. The second-order valence-corrected chi connectivity index (χ2v) is 6.87. The van der Waals surface area contributed by atoms with Gasteiger partial charge in [0.05, 0.1) is 11.0 Å². The SMILES string of the molecule is Cc1cc(NC(=O)C(C)N2C(C)CCC2C)sc1C(=O)O. The van der Waals surface area contributed by atoms with Crippen molar-refractivity contribution in [3.63, 3.8) is 0 Å². The topological polar surface area (TPSA) is 69.6 Å². The van der Waals surface area contributed by atoms with Crippen LogP contribution in [0.2, 0.25) is 0 Å². The Morgan fingerprint density at radius 2 is 1.95 bits per heavy atom. The molecule has 0 aromatic carbocycles. The van der Waals surface area contributed by atoms with Crippen molar-refractivity contribution in [3.05, 3.63) is 16.5 Å². The summed E-state index contributed by atoms with van der Waals surface area (Å²) in [5.41, 5.74) is 0.679. The molecular formula is C15H22N2O3S. The highest BCUT2D eigenvalue weighted by molar-refractivity contribution is 7.18. The zero-order valence-electron chi connectivity index (χ0n) is 12.8. The molecule has 5 nitrogen and oxygen atoms in total. The molecule has 1 aliphatic rings. The predicted octanol–water partition coefficient (Wildman–Crippen LogP) is 2.95. The fourth-order valence-corrected chi connectivity index (χ4v) is 4.01. The first-order valence-electron chi connectivity index (χ1n) is 7.23. The summed E-state index contributed by atoms with van der Waals surface area (Å²) < 4.78 is 0. The number of carboxylic acid groups (broad SMARTS) is 1. The standard InChI is InChI=1S/C15H22N2O3S/c1-8-7-12(21-13(8)15(19)20)16-14(18)11(4)17-9(2)5-6-10(17)3/h7,9-11H,5-6H2,1-4H3,(H,16,18)(H,19,20). The molecular weight excluding hydrogens is 288 g/mol. The van der Waals surface area contributed by atoms with E-state index in [1.165, 1.54) is 0 Å². The molecule has 1 aromatic heterocycles. The Balaban J connectivity index is 2.07. The number of nitrogens with zero attached hydrogens (tertiary/aromatic N) is 1. The number of anilines is 1. The van der Waals surface area contributed by atoms with Crippen LogP contribution in [0.25, 0.3) is 0 Å². The van der Waals surface area contributed by atoms with Crippen molar-refractivity contribution in [2.45, 2.75) is 58.7 Å². The lowest BCUT2D eigenvalue weighted by atomic mass is 10.2. The number of carboxylic acids is 1. The van der Waals surface area contributed by atoms with Gasteiger partial charge in [-0.25, -0.2) is 4.79 Å². The number of carbonyl (C=O) groups excluding carboxylic acids is 1. The first kappa shape index (κ1) is 16.0. The Hall–Kier alpha value is -1.40. The zero-order valence-corrected chi connectivity index (χ0v) is 13.7. The number of aromatic carboxylic acids is 1. The minimum atomic E-state index is -0.951. The van der Waals surface area contributed by atoms with E-state index in [1.54, 1.807) is 13.0 Å². The lowest BCUT2D eigenvalue weighted by Gasteiger charge is -2.31. The van der Waals surface area contributed by atoms with E-state index in [4.69, 9.17) is 5.11 Å². The van der Waals surface area contributed by atoms with Crippen LogP contribution in [0.4, 0.5) is 5.00 Å². The van der Waals surface area contributed by atoms with Gasteiger partial charge in [-0.2, -0.15) is 0 Å². The molecule has 1 aromatic rings. The van der Waals surface area contributed by atoms with E-state index >= 15 is 0 Å². The quantitative estimate of drug-likeness (QED) is 0.897. The van der Waals surface area contributed by atoms with Crippen LogP contribution in [0.5, 0.6) is 0 Å². The van der Waals surface area contributed by atoms with Crippen molar-refractivity contribution in [2.24, 2.45) is 0 Å². The van der Waals surface area contributed by atoms with Gasteiger partial charge in [-0.1, -0.05) is 0 Å². The summed E-state index contributed by atoms with van der Waals surface area (Å²) in [7, 11) is 0. The molecule has 2 rings (SSSR count). The van der Waals surface area contributed by atoms with Crippen LogP contribution in [0.3, 0.4) is 0 Å². The highest BCUT2D eigenvalue weighted by atomic mass is 32.1. The summed E-state index contributed by atoms with van der Waals surface area (Å²) in [4.78, 5) is 25.9. The Labute approximate surface area is 129 Å². The number of thiophene rings is 1. The second-order valence-electron chi connectivity index (χ2n) is 5.82. The number of amides is 1. The van der Waals surface area contributed by atoms with Crippen molar-refractivity contribution in [2.75, 3.05) is 5.32 Å². The molecule has 0 aliphatic carbocycles. The first-order chi connectivity index (χ1) is 9.81. The number of aryl methyl sites for hydroxylation is 1. The lowest BCUT2D eigenvalue weighted by Crippen LogP contribution is -2.46. The van der Waals surface area contributed by atoms with Crippen LogP contribution in [-0.2, 0) is 4.79 Å². The molecule has 2 heterocycles. The Bertz CT molecular complexity index is 545. The average molecular weight is 310 g/mol. The van der Waals surface area contributed by atoms with E-state index in [2.05, 4.69) is 24.1 Å². The fourth-order valence-electron chi connectivity index (χ4n) is 3.10. The number of hydrogen-bond acceptors (Lipinski definition) is 4. The predicted molar refractivity (Wildman–Crippen MR) is 84.1 cm³/mol. The van der Waals surface area contributed by atoms with Crippen molar-refractivity contribution in [1.29, 1.82) is 0 Å². The van der Waals surface area contributed by atoms with E-state index < -0.39 is 5.97 Å². The minimum Gasteiger partial charge on any atom is -0.477 e. The van der Waals surface area contributed by atoms with E-state index in [1.807, 2.05) is 6.92 Å². The van der Waals surface area contributed by atoms with Gasteiger partial charge >= 0.3 is 5.97 Å². The second kappa shape index (κ2) is 6.15. The molecule has 1 saturated heterocycles. The number of carbonyl (C=O) groups is 2. The largest absolute Gasteiger partial charge is 0.477 e. The van der Waals surface area contributed by atoms with Crippen LogP contribution in [0.15, 0.2) is 6.07 Å². The van der Waals surface area contributed by atoms with Gasteiger partial charge in [0.15, 0.2) is 0 Å². The zero-order chi connectivity index (χ0) is 15.7. The lowest BCUT2D eigenvalue weighted by molar-refractivity contribution is -0.121. The van der Waals surface area contributed by atoms with Gasteiger partial charge < -0.3 is 10.4 Å². The van der Waals surface area contributed by atoms with Crippen molar-refractivity contribution in [3.8, 4) is 0 Å². The normalized spacial score (nSPS) is 24.0. The van der Waals surface area contributed by atoms with Gasteiger partial charge in [-0.15, -0.1) is 11.3 Å². The molecule has 2 N–H and O–H groups in total. The number of nitrogens with one attached hydrogen (secondary N) is 1. The molecule has 0 spiro atoms. The monoisotopic (exact) mass is 310 g/mol. The summed E-state index contributed by atoms with van der Waals surface area (Å²) >= 11 is 1.11.